The van der Waals surface area contributed by atoms with Gasteiger partial charge in [-0.25, -0.2) is 0 Å². The topological polar surface area (TPSA) is 94.8 Å². The van der Waals surface area contributed by atoms with Gasteiger partial charge in [0.2, 0.25) is 0 Å². The molecule has 0 fully saturated rings. The van der Waals surface area contributed by atoms with Gasteiger partial charge in [0.15, 0.2) is 11.9 Å². The van der Waals surface area contributed by atoms with Crippen LogP contribution >= 0.6 is 0 Å². The Labute approximate surface area is 62.6 Å². The first-order chi connectivity index (χ1) is 4.92. The molecule has 5 heteroatoms. The van der Waals surface area contributed by atoms with E-state index in [1.165, 1.54) is 0 Å². The summed E-state index contributed by atoms with van der Waals surface area (Å²) in [6.07, 6.45) is -0.949. The van der Waals surface area contributed by atoms with Crippen molar-refractivity contribution >= 4 is 12.3 Å². The Balaban J connectivity index is 4.47. The number of carbonyl (C=O) groups excluding carboxylic acids is 1. The van der Waals surface area contributed by atoms with Crippen LogP contribution in [-0.2, 0) is 9.59 Å². The summed E-state index contributed by atoms with van der Waals surface area (Å²) in [5, 5.41) is 25.7. The molecule has 11 heavy (non-hydrogen) atoms. The third kappa shape index (κ3) is 2.38. The van der Waals surface area contributed by atoms with E-state index in [1.807, 2.05) is 0 Å². The number of aliphatic hydroxyl groups excluding tert-OH is 1. The average molecular weight is 160 g/mol. The number of rotatable bonds is 4. The van der Waals surface area contributed by atoms with Gasteiger partial charge in [-0.2, -0.15) is 0 Å². The monoisotopic (exact) mass is 160 g/mol. The maximum Gasteiger partial charge on any atom is 0.307 e. The van der Waals surface area contributed by atoms with Gasteiger partial charge in [-0.15, -0.1) is 0 Å². The molecule has 0 saturated heterocycles. The average Bonchev–Trinajstić information content (AvgIpc) is 1.86. The van der Waals surface area contributed by atoms with Gasteiger partial charge in [0, 0.05) is 0 Å². The molecule has 0 aliphatic heterocycles. The lowest BCUT2D eigenvalue weighted by molar-refractivity contribution is -0.145. The van der Waals surface area contributed by atoms with E-state index in [1.54, 1.807) is 0 Å². The van der Waals surface area contributed by atoms with Crippen LogP contribution in [0.3, 0.4) is 0 Å². The number of carboxylic acid groups (broad SMARTS) is 1. The van der Waals surface area contributed by atoms with Crippen molar-refractivity contribution in [1.29, 1.82) is 0 Å². The molecule has 0 rings (SSSR count). The van der Waals surface area contributed by atoms with Gasteiger partial charge in [-0.3, -0.25) is 9.59 Å². The molecule has 0 saturated carbocycles. The van der Waals surface area contributed by atoms with Crippen LogP contribution in [0.25, 0.3) is 0 Å². The number of carboxylic acids is 1. The molecule has 0 spiro atoms. The van der Waals surface area contributed by atoms with E-state index in [-0.39, 0.29) is 6.29 Å². The van der Waals surface area contributed by atoms with Gasteiger partial charge in [0.05, 0.1) is 6.42 Å². The molecular weight excluding hydrogens is 152 g/mol. The first-order valence-corrected chi connectivity index (χ1v) is 2.71. The van der Waals surface area contributed by atoms with Gasteiger partial charge in [0.25, 0.3) is 0 Å². The first kappa shape index (κ1) is 9.64. The van der Waals surface area contributed by atoms with Crippen LogP contribution in [-0.4, -0.2) is 33.2 Å². The van der Waals surface area contributed by atoms with Crippen LogP contribution in [0.4, 0.5) is 0 Å². The molecule has 0 aliphatic rings. The summed E-state index contributed by atoms with van der Waals surface area (Å²) < 4.78 is 0. The third-order valence-corrected chi connectivity index (χ3v) is 1.12. The molecule has 5 nitrogen and oxygen atoms in total. The second kappa shape index (κ2) is 3.16. The molecule has 0 aliphatic carbocycles. The molecule has 62 valence electrons. The normalized spacial score (nSPS) is 15.0. The summed E-state index contributed by atoms with van der Waals surface area (Å²) in [6, 6.07) is 0. The Morgan fingerprint density at radius 2 is 2.00 bits per heavy atom. The number of hydrogen-bond acceptors (Lipinski definition) is 4. The minimum atomic E-state index is -2.36. The zero-order chi connectivity index (χ0) is 9.07. The van der Waals surface area contributed by atoms with Crippen molar-refractivity contribution in [3.05, 3.63) is 12.3 Å². The second-order valence-electron chi connectivity index (χ2n) is 2.06. The largest absolute Gasteiger partial charge is 0.509 e. The minimum Gasteiger partial charge on any atom is -0.509 e. The number of hydrogen-bond donors (Lipinski definition) is 3. The molecule has 1 atom stereocenters. The van der Waals surface area contributed by atoms with Crippen LogP contribution in [0.5, 0.6) is 0 Å². The SMILES string of the molecule is C=C(O)C(O)(C=O)CC(=O)O. The Morgan fingerprint density at radius 3 is 2.09 bits per heavy atom. The van der Waals surface area contributed by atoms with Crippen LogP contribution in [0, 0.1) is 0 Å². The molecule has 0 radical (unpaired) electrons. The molecule has 0 amide bonds. The van der Waals surface area contributed by atoms with E-state index in [9.17, 15) is 9.59 Å². The van der Waals surface area contributed by atoms with E-state index >= 15 is 0 Å². The summed E-state index contributed by atoms with van der Waals surface area (Å²) in [5.74, 6) is -2.26. The third-order valence-electron chi connectivity index (χ3n) is 1.12. The summed E-state index contributed by atoms with van der Waals surface area (Å²) in [5.41, 5.74) is -2.36. The van der Waals surface area contributed by atoms with Crippen molar-refractivity contribution in [3.8, 4) is 0 Å². The molecule has 0 heterocycles. The number of aldehydes is 1. The maximum absolute atomic E-state index is 10.1. The van der Waals surface area contributed by atoms with Gasteiger partial charge in [-0.1, -0.05) is 6.58 Å². The number of aliphatic hydroxyl groups is 2. The van der Waals surface area contributed by atoms with E-state index in [2.05, 4.69) is 6.58 Å². The molecule has 0 aromatic heterocycles. The van der Waals surface area contributed by atoms with Gasteiger partial charge in [0.1, 0.15) is 5.76 Å². The van der Waals surface area contributed by atoms with Crippen molar-refractivity contribution < 1.29 is 24.9 Å². The Morgan fingerprint density at radius 1 is 1.55 bits per heavy atom. The van der Waals surface area contributed by atoms with Gasteiger partial charge < -0.3 is 15.3 Å². The highest BCUT2D eigenvalue weighted by Crippen LogP contribution is 2.14. The zero-order valence-corrected chi connectivity index (χ0v) is 5.65. The van der Waals surface area contributed by atoms with Crippen molar-refractivity contribution in [3.63, 3.8) is 0 Å². The Kier molecular flexibility index (Phi) is 2.77. The highest BCUT2D eigenvalue weighted by atomic mass is 16.4. The summed E-state index contributed by atoms with van der Waals surface area (Å²) >= 11 is 0. The quantitative estimate of drug-likeness (QED) is 0.379. The highest BCUT2D eigenvalue weighted by molar-refractivity contribution is 5.78. The number of aliphatic carboxylic acids is 1. The smallest absolute Gasteiger partial charge is 0.307 e. The maximum atomic E-state index is 10.1. The predicted octanol–water partition coefficient (Wildman–Crippen LogP) is -0.537. The standard InChI is InChI=1S/C6H8O5/c1-4(8)6(11,3-7)2-5(9)10/h3,8,11H,1-2H2,(H,9,10). The van der Waals surface area contributed by atoms with E-state index in [0.29, 0.717) is 0 Å². The predicted molar refractivity (Wildman–Crippen MR) is 35.0 cm³/mol. The van der Waals surface area contributed by atoms with Crippen LogP contribution < -0.4 is 0 Å². The van der Waals surface area contributed by atoms with Crippen LogP contribution in [0.2, 0.25) is 0 Å². The van der Waals surface area contributed by atoms with Crippen molar-refractivity contribution in [1.82, 2.24) is 0 Å². The van der Waals surface area contributed by atoms with E-state index in [0.717, 1.165) is 0 Å². The first-order valence-electron chi connectivity index (χ1n) is 2.71. The summed E-state index contributed by atoms with van der Waals surface area (Å²) in [7, 11) is 0. The lowest BCUT2D eigenvalue weighted by Crippen LogP contribution is -2.35. The van der Waals surface area contributed by atoms with Crippen molar-refractivity contribution in [2.45, 2.75) is 12.0 Å². The lowest BCUT2D eigenvalue weighted by Gasteiger charge is -2.16. The van der Waals surface area contributed by atoms with E-state index < -0.39 is 23.8 Å². The minimum absolute atomic E-state index is 0.0660. The van der Waals surface area contributed by atoms with Crippen LogP contribution in [0.15, 0.2) is 12.3 Å². The van der Waals surface area contributed by atoms with Crippen molar-refractivity contribution in [2.75, 3.05) is 0 Å². The highest BCUT2D eigenvalue weighted by Gasteiger charge is 2.33. The molecule has 0 aromatic carbocycles. The van der Waals surface area contributed by atoms with Crippen LogP contribution in [0.1, 0.15) is 6.42 Å². The summed E-state index contributed by atoms with van der Waals surface area (Å²) in [4.78, 5) is 20.1. The Bertz CT molecular complexity index is 197. The summed E-state index contributed by atoms with van der Waals surface area (Å²) in [6.45, 7) is 2.86. The van der Waals surface area contributed by atoms with Gasteiger partial charge in [-0.05, 0) is 0 Å². The lowest BCUT2D eigenvalue weighted by atomic mass is 10.0. The molecule has 0 aromatic rings. The Hall–Kier alpha value is -1.36. The van der Waals surface area contributed by atoms with Gasteiger partial charge >= 0.3 is 5.97 Å². The second-order valence-corrected chi connectivity index (χ2v) is 2.06. The fourth-order valence-electron chi connectivity index (χ4n) is 0.442. The number of carbonyl (C=O) groups is 2. The fourth-order valence-corrected chi connectivity index (χ4v) is 0.442. The fraction of sp³-hybridized carbons (Fsp3) is 0.333. The molecule has 3 N–H and O–H groups in total. The molecular formula is C6H8O5. The van der Waals surface area contributed by atoms with E-state index in [4.69, 9.17) is 15.3 Å². The zero-order valence-electron chi connectivity index (χ0n) is 5.65. The molecule has 0 bridgehead atoms. The van der Waals surface area contributed by atoms with Crippen molar-refractivity contribution in [2.24, 2.45) is 0 Å². The molecule has 1 unspecified atom stereocenters.